The van der Waals surface area contributed by atoms with Crippen molar-refractivity contribution in [3.05, 3.63) is 64.2 Å². The van der Waals surface area contributed by atoms with Gasteiger partial charge in [0.05, 0.1) is 28.3 Å². The van der Waals surface area contributed by atoms with Crippen molar-refractivity contribution in [1.82, 2.24) is 9.21 Å². The van der Waals surface area contributed by atoms with Crippen molar-refractivity contribution in [1.29, 1.82) is 0 Å². The zero-order valence-electron chi connectivity index (χ0n) is 16.4. The number of rotatable bonds is 6. The van der Waals surface area contributed by atoms with Gasteiger partial charge in [-0.15, -0.1) is 0 Å². The SMILES string of the molecule is O=C(OCCN1C(=O)c2ccccc2C1=O)c1ccc(Cl)c(S(=O)(=O)N2CCCC2)c1. The fraction of sp³-hybridized carbons (Fsp3) is 0.286. The van der Waals surface area contributed by atoms with Crippen LogP contribution in [0.5, 0.6) is 0 Å². The van der Waals surface area contributed by atoms with Gasteiger partial charge in [-0.05, 0) is 43.2 Å². The quantitative estimate of drug-likeness (QED) is 0.483. The lowest BCUT2D eigenvalue weighted by Crippen LogP contribution is -2.33. The van der Waals surface area contributed by atoms with E-state index in [9.17, 15) is 22.8 Å². The second kappa shape index (κ2) is 8.41. The van der Waals surface area contributed by atoms with Crippen LogP contribution in [0.3, 0.4) is 0 Å². The fourth-order valence-electron chi connectivity index (χ4n) is 3.65. The largest absolute Gasteiger partial charge is 0.460 e. The molecule has 0 spiro atoms. The number of fused-ring (bicyclic) bond motifs is 1. The summed E-state index contributed by atoms with van der Waals surface area (Å²) in [6.45, 7) is 0.493. The summed E-state index contributed by atoms with van der Waals surface area (Å²) in [7, 11) is -3.81. The highest BCUT2D eigenvalue weighted by Gasteiger charge is 2.35. The Hall–Kier alpha value is -2.75. The average Bonchev–Trinajstić information content (AvgIpc) is 3.38. The van der Waals surface area contributed by atoms with Gasteiger partial charge in [-0.25, -0.2) is 13.2 Å². The topological polar surface area (TPSA) is 101 Å². The van der Waals surface area contributed by atoms with Crippen LogP contribution < -0.4 is 0 Å². The Bertz CT molecular complexity index is 1140. The molecule has 0 bridgehead atoms. The molecule has 1 saturated heterocycles. The number of nitrogens with zero attached hydrogens (tertiary/aromatic N) is 2. The lowest BCUT2D eigenvalue weighted by molar-refractivity contribution is 0.0420. The fourth-order valence-corrected chi connectivity index (χ4v) is 5.67. The molecule has 0 radical (unpaired) electrons. The second-order valence-electron chi connectivity index (χ2n) is 7.20. The first-order valence-electron chi connectivity index (χ1n) is 9.73. The third-order valence-corrected chi connectivity index (χ3v) is 7.66. The molecule has 2 aromatic rings. The number of halogens is 1. The third-order valence-electron chi connectivity index (χ3n) is 5.28. The van der Waals surface area contributed by atoms with Crippen LogP contribution in [0.4, 0.5) is 0 Å². The molecule has 2 aliphatic heterocycles. The Labute approximate surface area is 184 Å². The molecule has 0 unspecified atom stereocenters. The minimum absolute atomic E-state index is 0.0181. The van der Waals surface area contributed by atoms with Crippen LogP contribution in [-0.2, 0) is 14.8 Å². The molecule has 2 aromatic carbocycles. The molecule has 0 aromatic heterocycles. The lowest BCUT2D eigenvalue weighted by Gasteiger charge is -2.17. The van der Waals surface area contributed by atoms with Crippen molar-refractivity contribution < 1.29 is 27.5 Å². The summed E-state index contributed by atoms with van der Waals surface area (Å²) >= 11 is 6.09. The number of benzene rings is 2. The zero-order valence-corrected chi connectivity index (χ0v) is 18.0. The molecule has 0 aliphatic carbocycles. The first-order valence-corrected chi connectivity index (χ1v) is 11.5. The van der Waals surface area contributed by atoms with Gasteiger partial charge in [0.15, 0.2) is 0 Å². The van der Waals surface area contributed by atoms with Crippen LogP contribution in [0.15, 0.2) is 47.4 Å². The van der Waals surface area contributed by atoms with Crippen molar-refractivity contribution >= 4 is 39.4 Å². The Balaban J connectivity index is 1.43. The van der Waals surface area contributed by atoms with Crippen molar-refractivity contribution in [3.8, 4) is 0 Å². The predicted molar refractivity (Wildman–Crippen MR) is 112 cm³/mol. The van der Waals surface area contributed by atoms with Crippen LogP contribution in [0, 0.1) is 0 Å². The molecule has 8 nitrogen and oxygen atoms in total. The number of sulfonamides is 1. The second-order valence-corrected chi connectivity index (χ2v) is 9.51. The highest BCUT2D eigenvalue weighted by atomic mass is 35.5. The number of ether oxygens (including phenoxy) is 1. The summed E-state index contributed by atoms with van der Waals surface area (Å²) < 4.78 is 32.1. The molecule has 162 valence electrons. The third kappa shape index (κ3) is 3.96. The maximum absolute atomic E-state index is 12.8. The summed E-state index contributed by atoms with van der Waals surface area (Å²) in [6.07, 6.45) is 1.55. The normalized spacial score (nSPS) is 16.6. The van der Waals surface area contributed by atoms with Crippen molar-refractivity contribution in [2.24, 2.45) is 0 Å². The van der Waals surface area contributed by atoms with Gasteiger partial charge in [0, 0.05) is 13.1 Å². The number of hydrogen-bond donors (Lipinski definition) is 0. The highest BCUT2D eigenvalue weighted by molar-refractivity contribution is 7.89. The van der Waals surface area contributed by atoms with Gasteiger partial charge in [-0.1, -0.05) is 23.7 Å². The monoisotopic (exact) mass is 462 g/mol. The maximum Gasteiger partial charge on any atom is 0.338 e. The average molecular weight is 463 g/mol. The van der Waals surface area contributed by atoms with Crippen molar-refractivity contribution in [2.75, 3.05) is 26.2 Å². The van der Waals surface area contributed by atoms with Crippen LogP contribution in [0.2, 0.25) is 5.02 Å². The summed E-state index contributed by atoms with van der Waals surface area (Å²) in [4.78, 5) is 38.0. The Morgan fingerprint density at radius 1 is 1.00 bits per heavy atom. The van der Waals surface area contributed by atoms with E-state index in [2.05, 4.69) is 0 Å². The van der Waals surface area contributed by atoms with Gasteiger partial charge in [-0.3, -0.25) is 14.5 Å². The number of carbonyl (C=O) groups excluding carboxylic acids is 3. The molecular weight excluding hydrogens is 444 g/mol. The Kier molecular flexibility index (Phi) is 5.83. The first kappa shape index (κ1) is 21.5. The predicted octanol–water partition coefficient (Wildman–Crippen LogP) is 2.58. The van der Waals surface area contributed by atoms with Crippen LogP contribution in [0.1, 0.15) is 43.9 Å². The van der Waals surface area contributed by atoms with E-state index < -0.39 is 27.8 Å². The number of amides is 2. The van der Waals surface area contributed by atoms with Crippen molar-refractivity contribution in [3.63, 3.8) is 0 Å². The van der Waals surface area contributed by atoms with E-state index in [1.54, 1.807) is 24.3 Å². The molecule has 2 heterocycles. The number of imide groups is 1. The molecule has 0 N–H and O–H groups in total. The summed E-state index contributed by atoms with van der Waals surface area (Å²) in [5.74, 6) is -1.66. The molecule has 4 rings (SSSR count). The first-order chi connectivity index (χ1) is 14.8. The number of carbonyl (C=O) groups is 3. The van der Waals surface area contributed by atoms with Gasteiger partial charge in [0.25, 0.3) is 11.8 Å². The van der Waals surface area contributed by atoms with Crippen LogP contribution in [0.25, 0.3) is 0 Å². The Morgan fingerprint density at radius 2 is 1.61 bits per heavy atom. The maximum atomic E-state index is 12.8. The van der Waals surface area contributed by atoms with Gasteiger partial charge in [-0.2, -0.15) is 4.31 Å². The molecule has 2 amide bonds. The summed E-state index contributed by atoms with van der Waals surface area (Å²) in [5.41, 5.74) is 0.645. The summed E-state index contributed by atoms with van der Waals surface area (Å²) in [6, 6.07) is 10.4. The molecule has 2 aliphatic rings. The van der Waals surface area contributed by atoms with E-state index in [1.807, 2.05) is 0 Å². The van der Waals surface area contributed by atoms with E-state index in [-0.39, 0.29) is 28.6 Å². The lowest BCUT2D eigenvalue weighted by atomic mass is 10.1. The van der Waals surface area contributed by atoms with E-state index in [1.165, 1.54) is 22.5 Å². The van der Waals surface area contributed by atoms with E-state index >= 15 is 0 Å². The van der Waals surface area contributed by atoms with Gasteiger partial charge in [0.1, 0.15) is 11.5 Å². The highest BCUT2D eigenvalue weighted by Crippen LogP contribution is 2.28. The standard InChI is InChI=1S/C21H19ClN2O6S/c22-17-8-7-14(13-18(17)31(28,29)23-9-3-4-10-23)21(27)30-12-11-24-19(25)15-5-1-2-6-16(15)20(24)26/h1-2,5-8,13H,3-4,9-12H2. The molecule has 0 atom stereocenters. The van der Waals surface area contributed by atoms with Crippen molar-refractivity contribution in [2.45, 2.75) is 17.7 Å². The zero-order chi connectivity index (χ0) is 22.2. The molecule has 10 heteroatoms. The molecule has 0 saturated carbocycles. The molecular formula is C21H19ClN2O6S. The van der Waals surface area contributed by atoms with E-state index in [0.29, 0.717) is 24.2 Å². The number of esters is 1. The molecule has 31 heavy (non-hydrogen) atoms. The van der Waals surface area contributed by atoms with Gasteiger partial charge >= 0.3 is 5.97 Å². The van der Waals surface area contributed by atoms with E-state index in [0.717, 1.165) is 17.7 Å². The minimum atomic E-state index is -3.81. The molecule has 1 fully saturated rings. The summed E-state index contributed by atoms with van der Waals surface area (Å²) in [5, 5.41) is 0.0227. The van der Waals surface area contributed by atoms with E-state index in [4.69, 9.17) is 16.3 Å². The van der Waals surface area contributed by atoms with Gasteiger partial charge < -0.3 is 4.74 Å². The van der Waals surface area contributed by atoms with Crippen LogP contribution >= 0.6 is 11.6 Å². The van der Waals surface area contributed by atoms with Gasteiger partial charge in [0.2, 0.25) is 10.0 Å². The Morgan fingerprint density at radius 3 is 2.23 bits per heavy atom. The van der Waals surface area contributed by atoms with Crippen LogP contribution in [-0.4, -0.2) is 61.6 Å². The minimum Gasteiger partial charge on any atom is -0.460 e. The smallest absolute Gasteiger partial charge is 0.338 e. The number of hydrogen-bond acceptors (Lipinski definition) is 6.